The molecule has 0 saturated heterocycles. The second-order valence-electron chi connectivity index (χ2n) is 8.18. The summed E-state index contributed by atoms with van der Waals surface area (Å²) in [7, 11) is 2.83. The van der Waals surface area contributed by atoms with Crippen LogP contribution in [0.15, 0.2) is 77.2 Å². The van der Waals surface area contributed by atoms with Gasteiger partial charge >= 0.3 is 12.1 Å². The Morgan fingerprint density at radius 2 is 1.56 bits per heavy atom. The van der Waals surface area contributed by atoms with E-state index in [1.807, 2.05) is 24.3 Å². The van der Waals surface area contributed by atoms with Gasteiger partial charge in [0.05, 0.1) is 20.8 Å². The molecule has 1 aliphatic carbocycles. The van der Waals surface area contributed by atoms with Gasteiger partial charge in [0, 0.05) is 11.5 Å². The number of hydrogen-bond acceptors (Lipinski definition) is 7. The van der Waals surface area contributed by atoms with Crippen LogP contribution in [0.1, 0.15) is 33.5 Å². The van der Waals surface area contributed by atoms with Crippen molar-refractivity contribution in [3.8, 4) is 28.1 Å². The highest BCUT2D eigenvalue weighted by atomic mass is 16.6. The third-order valence-electron chi connectivity index (χ3n) is 6.13. The van der Waals surface area contributed by atoms with Crippen molar-refractivity contribution in [1.82, 2.24) is 10.3 Å². The lowest BCUT2D eigenvalue weighted by atomic mass is 9.98. The molecule has 5 rings (SSSR count). The van der Waals surface area contributed by atoms with Crippen LogP contribution in [0.25, 0.3) is 22.4 Å². The number of carbonyl (C=O) groups excluding carboxylic acids is 2. The second-order valence-corrected chi connectivity index (χ2v) is 8.18. The van der Waals surface area contributed by atoms with E-state index in [4.69, 9.17) is 18.6 Å². The highest BCUT2D eigenvalue weighted by Gasteiger charge is 2.29. The number of benzene rings is 3. The van der Waals surface area contributed by atoms with Gasteiger partial charge in [-0.15, -0.1) is 0 Å². The molecule has 8 nitrogen and oxygen atoms in total. The molecule has 1 amide bonds. The predicted octanol–water partition coefficient (Wildman–Crippen LogP) is 5.18. The number of amides is 1. The summed E-state index contributed by atoms with van der Waals surface area (Å²) in [4.78, 5) is 29.1. The Morgan fingerprint density at radius 3 is 2.17 bits per heavy atom. The maximum absolute atomic E-state index is 12.5. The summed E-state index contributed by atoms with van der Waals surface area (Å²) in [6.45, 7) is 0.132. The fourth-order valence-electron chi connectivity index (χ4n) is 4.41. The molecule has 36 heavy (non-hydrogen) atoms. The number of oxazole rings is 1. The van der Waals surface area contributed by atoms with Gasteiger partial charge in [-0.25, -0.2) is 14.6 Å². The zero-order chi connectivity index (χ0) is 25.1. The number of hydrogen-bond donors (Lipinski definition) is 1. The van der Waals surface area contributed by atoms with Crippen LogP contribution in [0.3, 0.4) is 0 Å². The van der Waals surface area contributed by atoms with Gasteiger partial charge in [0.25, 0.3) is 0 Å². The van der Waals surface area contributed by atoms with Crippen molar-refractivity contribution in [3.05, 3.63) is 95.6 Å². The van der Waals surface area contributed by atoms with Crippen LogP contribution in [-0.4, -0.2) is 37.9 Å². The molecular formula is C28H24N2O6. The lowest BCUT2D eigenvalue weighted by Gasteiger charge is -2.14. The number of esters is 1. The van der Waals surface area contributed by atoms with E-state index in [0.717, 1.165) is 22.3 Å². The number of alkyl carbamates (subject to hydrolysis) is 1. The quantitative estimate of drug-likeness (QED) is 0.361. The van der Waals surface area contributed by atoms with E-state index >= 15 is 0 Å². The Kier molecular flexibility index (Phi) is 6.40. The van der Waals surface area contributed by atoms with E-state index in [-0.39, 0.29) is 30.7 Å². The number of ether oxygens (including phenoxy) is 3. The third-order valence-corrected chi connectivity index (χ3v) is 6.13. The van der Waals surface area contributed by atoms with Crippen LogP contribution in [0.2, 0.25) is 0 Å². The molecule has 0 fully saturated rings. The van der Waals surface area contributed by atoms with Crippen LogP contribution < -0.4 is 10.1 Å². The van der Waals surface area contributed by atoms with Crippen LogP contribution in [-0.2, 0) is 16.0 Å². The highest BCUT2D eigenvalue weighted by Crippen LogP contribution is 2.44. The van der Waals surface area contributed by atoms with Gasteiger partial charge in [-0.3, -0.25) is 0 Å². The first-order valence-corrected chi connectivity index (χ1v) is 11.4. The molecule has 0 atom stereocenters. The van der Waals surface area contributed by atoms with Crippen molar-refractivity contribution >= 4 is 12.1 Å². The van der Waals surface area contributed by atoms with Crippen molar-refractivity contribution in [2.24, 2.45) is 0 Å². The minimum absolute atomic E-state index is 0.0440. The summed E-state index contributed by atoms with van der Waals surface area (Å²) in [5.74, 6) is 0.0546. The lowest BCUT2D eigenvalue weighted by Crippen LogP contribution is -2.25. The first-order valence-electron chi connectivity index (χ1n) is 11.4. The van der Waals surface area contributed by atoms with Gasteiger partial charge in [-0.1, -0.05) is 48.5 Å². The Morgan fingerprint density at radius 1 is 0.917 bits per heavy atom. The number of nitrogens with zero attached hydrogens (tertiary/aromatic N) is 1. The molecule has 0 unspecified atom stereocenters. The molecule has 4 aromatic rings. The third kappa shape index (κ3) is 4.40. The van der Waals surface area contributed by atoms with Crippen LogP contribution in [0.5, 0.6) is 5.75 Å². The number of carbonyl (C=O) groups is 2. The molecule has 0 aliphatic heterocycles. The fraction of sp³-hybridized carbons (Fsp3) is 0.179. The molecule has 182 valence electrons. The molecule has 0 saturated carbocycles. The summed E-state index contributed by atoms with van der Waals surface area (Å²) < 4.78 is 21.2. The zero-order valence-corrected chi connectivity index (χ0v) is 19.8. The van der Waals surface area contributed by atoms with Gasteiger partial charge in [-0.05, 0) is 46.5 Å². The first kappa shape index (κ1) is 23.2. The van der Waals surface area contributed by atoms with E-state index in [1.165, 1.54) is 7.11 Å². The standard InChI is InChI=1S/C28H24N2O6/c1-33-18-13-11-17(12-14-18)25-26(27(31)34-2)36-24(30-25)15-29-28(32)35-16-23-21-9-5-3-7-19(21)20-8-4-6-10-22(20)23/h3-14,23H,15-16H2,1-2H3,(H,29,32). The number of methoxy groups -OCH3 is 2. The molecule has 0 radical (unpaired) electrons. The highest BCUT2D eigenvalue weighted by molar-refractivity contribution is 5.93. The Balaban J connectivity index is 1.26. The summed E-state index contributed by atoms with van der Waals surface area (Å²) in [5, 5.41) is 2.65. The maximum Gasteiger partial charge on any atom is 0.407 e. The molecule has 0 spiro atoms. The predicted molar refractivity (Wildman–Crippen MR) is 132 cm³/mol. The van der Waals surface area contributed by atoms with Gasteiger partial charge < -0.3 is 23.9 Å². The first-order chi connectivity index (χ1) is 17.6. The molecule has 1 aromatic heterocycles. The smallest absolute Gasteiger partial charge is 0.407 e. The topological polar surface area (TPSA) is 99.9 Å². The van der Waals surface area contributed by atoms with Gasteiger partial charge in [0.1, 0.15) is 18.1 Å². The van der Waals surface area contributed by atoms with Crippen molar-refractivity contribution in [1.29, 1.82) is 0 Å². The van der Waals surface area contributed by atoms with E-state index < -0.39 is 12.1 Å². The lowest BCUT2D eigenvalue weighted by molar-refractivity contribution is 0.0564. The van der Waals surface area contributed by atoms with Gasteiger partial charge in [0.15, 0.2) is 0 Å². The molecular weight excluding hydrogens is 460 g/mol. The van der Waals surface area contributed by atoms with Crippen molar-refractivity contribution in [3.63, 3.8) is 0 Å². The SMILES string of the molecule is COC(=O)c1oc(CNC(=O)OCC2c3ccccc3-c3ccccc32)nc1-c1ccc(OC)cc1. The van der Waals surface area contributed by atoms with Crippen molar-refractivity contribution in [2.75, 3.05) is 20.8 Å². The molecule has 0 bridgehead atoms. The monoisotopic (exact) mass is 484 g/mol. The van der Waals surface area contributed by atoms with Crippen LogP contribution in [0.4, 0.5) is 4.79 Å². The molecule has 1 heterocycles. The second kappa shape index (κ2) is 9.95. The molecule has 1 aliphatic rings. The Hall–Kier alpha value is -4.59. The average molecular weight is 485 g/mol. The fourth-order valence-corrected chi connectivity index (χ4v) is 4.41. The normalized spacial score (nSPS) is 11.9. The van der Waals surface area contributed by atoms with Crippen molar-refractivity contribution < 1.29 is 28.2 Å². The summed E-state index contributed by atoms with van der Waals surface area (Å²) in [6.07, 6.45) is -0.610. The van der Waals surface area contributed by atoms with Crippen LogP contribution in [0, 0.1) is 0 Å². The molecule has 1 N–H and O–H groups in total. The van der Waals surface area contributed by atoms with E-state index in [2.05, 4.69) is 34.6 Å². The van der Waals surface area contributed by atoms with E-state index in [0.29, 0.717) is 17.0 Å². The minimum atomic E-state index is -0.666. The number of fused-ring (bicyclic) bond motifs is 3. The summed E-state index contributed by atoms with van der Waals surface area (Å²) >= 11 is 0. The van der Waals surface area contributed by atoms with Gasteiger partial charge in [-0.2, -0.15) is 0 Å². The van der Waals surface area contributed by atoms with Gasteiger partial charge in [0.2, 0.25) is 11.7 Å². The Labute approximate surface area is 207 Å². The largest absolute Gasteiger partial charge is 0.497 e. The Bertz CT molecular complexity index is 1360. The van der Waals surface area contributed by atoms with E-state index in [1.54, 1.807) is 31.4 Å². The van der Waals surface area contributed by atoms with E-state index in [9.17, 15) is 9.59 Å². The minimum Gasteiger partial charge on any atom is -0.497 e. The summed E-state index contributed by atoms with van der Waals surface area (Å²) in [6, 6.07) is 23.3. The average Bonchev–Trinajstić information content (AvgIpc) is 3.50. The number of rotatable bonds is 7. The van der Waals surface area contributed by atoms with Crippen molar-refractivity contribution in [2.45, 2.75) is 12.5 Å². The summed E-state index contributed by atoms with van der Waals surface area (Å²) in [5.41, 5.74) is 5.53. The molecule has 3 aromatic carbocycles. The number of aromatic nitrogens is 1. The number of nitrogens with one attached hydrogen (secondary N) is 1. The zero-order valence-electron chi connectivity index (χ0n) is 19.8. The maximum atomic E-state index is 12.5. The molecule has 8 heteroatoms. The van der Waals surface area contributed by atoms with Crippen LogP contribution >= 0.6 is 0 Å².